The van der Waals surface area contributed by atoms with Crippen LogP contribution in [0.4, 0.5) is 17.7 Å². The second-order valence-corrected chi connectivity index (χ2v) is 25.2. The molecule has 16 N–H and O–H groups in total. The van der Waals surface area contributed by atoms with Gasteiger partial charge in [-0.05, 0) is 6.42 Å². The molecule has 3 saturated heterocycles. The largest absolute Gasteiger partial charge is 0.490 e. The Balaban J connectivity index is 0.849. The van der Waals surface area contributed by atoms with Gasteiger partial charge in [-0.25, -0.2) is 47.3 Å². The summed E-state index contributed by atoms with van der Waals surface area (Å²) in [5, 5.41) is 32.9. The number of phosphoric acid groups is 5. The third kappa shape index (κ3) is 12.2. The molecule has 440 valence electrons. The Morgan fingerprint density at radius 1 is 0.625 bits per heavy atom. The summed E-state index contributed by atoms with van der Waals surface area (Å²) in [5.41, 5.74) is 15.6. The highest BCUT2D eigenvalue weighted by Crippen LogP contribution is 2.71. The highest BCUT2D eigenvalue weighted by molar-refractivity contribution is 7.69. The number of aliphatic hydroxyl groups is 3. The molecule has 3 aliphatic rings. The molecule has 0 bridgehead atoms. The lowest BCUT2D eigenvalue weighted by molar-refractivity contribution is -0.646. The maximum atomic E-state index is 13.7. The normalized spacial score (nSPS) is 30.1. The number of aryl methyl sites for hydroxylation is 1. The Morgan fingerprint density at radius 3 is 1.79 bits per heavy atom. The number of imidazole rings is 3. The molecule has 6 aromatic heterocycles. The minimum absolute atomic E-state index is 0.0153. The van der Waals surface area contributed by atoms with Crippen molar-refractivity contribution < 1.29 is 117 Å². The maximum absolute atomic E-state index is 13.7. The highest BCUT2D eigenvalue weighted by Gasteiger charge is 2.54. The second-order valence-electron chi connectivity index (χ2n) is 17.6. The minimum atomic E-state index is -6.42. The van der Waals surface area contributed by atoms with Crippen LogP contribution in [0.25, 0.3) is 33.5 Å². The molecule has 3 aliphatic heterocycles. The first-order chi connectivity index (χ1) is 37.4. The van der Waals surface area contributed by atoms with E-state index in [0.29, 0.717) is 0 Å². The van der Waals surface area contributed by atoms with Gasteiger partial charge in [0.2, 0.25) is 24.5 Å². The van der Waals surface area contributed by atoms with Crippen LogP contribution in [0.2, 0.25) is 0 Å². The van der Waals surface area contributed by atoms with E-state index in [1.807, 2.05) is 0 Å². The number of hydrogen-bond donors (Lipinski definition) is 13. The van der Waals surface area contributed by atoms with E-state index in [0.717, 1.165) is 30.7 Å². The topological polar surface area (TPSA) is 589 Å². The molecule has 6 unspecified atom stereocenters. The zero-order chi connectivity index (χ0) is 58.2. The number of aliphatic hydroxyl groups excluding tert-OH is 3. The fourth-order valence-corrected chi connectivity index (χ4v) is 14.9. The van der Waals surface area contributed by atoms with Crippen LogP contribution in [0, 0.1) is 5.92 Å². The van der Waals surface area contributed by atoms with Crippen LogP contribution >= 0.6 is 39.1 Å². The number of fused-ring (bicyclic) bond motifs is 3. The lowest BCUT2D eigenvalue weighted by Crippen LogP contribution is -2.38. The molecule has 80 heavy (non-hydrogen) atoms. The van der Waals surface area contributed by atoms with Gasteiger partial charge in [-0.3, -0.25) is 46.8 Å². The first-order valence-corrected chi connectivity index (χ1v) is 30.2. The molecule has 41 nitrogen and oxygen atoms in total. The highest BCUT2D eigenvalue weighted by atomic mass is 31.3. The number of H-pyrrole nitrogens is 2. The van der Waals surface area contributed by atoms with Crippen LogP contribution in [0.3, 0.4) is 0 Å². The number of rotatable bonds is 22. The van der Waals surface area contributed by atoms with Crippen molar-refractivity contribution in [1.29, 1.82) is 0 Å². The molecule has 17 atom stereocenters. The Bertz CT molecular complexity index is 3690. The average molecular weight is 1240 g/mol. The summed E-state index contributed by atoms with van der Waals surface area (Å²) >= 11 is 0. The number of nitrogens with zero attached hydrogens (tertiary/aromatic N) is 10. The number of nitrogens with two attached hydrogens (primary N) is 3. The Kier molecular flexibility index (Phi) is 16.6. The zero-order valence-electron chi connectivity index (χ0n) is 40.9. The van der Waals surface area contributed by atoms with Crippen LogP contribution in [-0.4, -0.2) is 169 Å². The van der Waals surface area contributed by atoms with E-state index in [2.05, 4.69) is 52.8 Å². The standard InChI is InChI=1S/C34H48N15O26P5/c1-4-12-13(69-30(19(12)50)49-11-46(2)18-27(49)43-34(37)45-29(18)54)5-67-77(57,58)73-79(61,62)75-80(63,64)74-78(59,60)68-7-15-22(23(65-3)32(71-15)47-9-40-16-24(35)38-8-39-25(16)47)72-76(55,56)66-6-14-20(51)21(52)31(70-14)48-10-41-17-26(48)42-33(36)44-28(17)53/h8-15,19-23,30-32,50-52H,4-7H2,1-3H3,(H12-,35,36,37,38,39,42,43,44,45,53,54,55,56,57,58,59,60,61,62,63,64)/p+1/t12-,13-,14-,15-,19-,20-,21-,22-,23-,30?,31-,32-/m1/s1. The van der Waals surface area contributed by atoms with E-state index < -0.39 is 143 Å². The van der Waals surface area contributed by atoms with Crippen LogP contribution in [0.1, 0.15) is 32.0 Å². The van der Waals surface area contributed by atoms with Gasteiger partial charge >= 0.3 is 44.7 Å². The smallest absolute Gasteiger partial charge is 0.387 e. The predicted molar refractivity (Wildman–Crippen MR) is 258 cm³/mol. The number of aromatic amines is 2. The van der Waals surface area contributed by atoms with Gasteiger partial charge in [0.25, 0.3) is 16.7 Å². The molecule has 0 aromatic carbocycles. The number of ether oxygens (including phenoxy) is 4. The molecule has 9 heterocycles. The number of anilines is 3. The molecule has 3 fully saturated rings. The van der Waals surface area contributed by atoms with Gasteiger partial charge in [0.1, 0.15) is 54.6 Å². The van der Waals surface area contributed by atoms with Gasteiger partial charge in [-0.15, -0.1) is 0 Å². The summed E-state index contributed by atoms with van der Waals surface area (Å²) in [5.74, 6) is -1.58. The third-order valence-corrected chi connectivity index (χ3v) is 19.3. The number of methoxy groups -OCH3 is 1. The SMILES string of the molecule is CC[C@@H]1[C@@H](COP(=O)(O)OP(=O)(O)OP(=O)(O)OP(=O)(O)OC[C@H]2O[C@@H](n3cnc4c(N)ncnc43)[C@H](OC)[C@@H]2OP(=O)(O)OC[C@H]2O[C@@H](n3cnc4c(=O)[nH]c(N)nc43)[C@H](O)[C@@H]2O)OC(n2c[n+](C)c3c(=O)[nH]c(N)nc32)[C@@H]1O. The third-order valence-electron chi connectivity index (χ3n) is 12.4. The van der Waals surface area contributed by atoms with E-state index in [1.54, 1.807) is 6.92 Å². The van der Waals surface area contributed by atoms with E-state index in [-0.39, 0.29) is 57.6 Å². The van der Waals surface area contributed by atoms with Crippen molar-refractivity contribution in [3.05, 3.63) is 46.0 Å². The van der Waals surface area contributed by atoms with E-state index in [1.165, 1.54) is 27.1 Å². The summed E-state index contributed by atoms with van der Waals surface area (Å²) in [4.78, 5) is 106. The second kappa shape index (κ2) is 22.3. The van der Waals surface area contributed by atoms with Gasteiger partial charge in [0, 0.05) is 13.0 Å². The minimum Gasteiger partial charge on any atom is -0.387 e. The Hall–Kier alpha value is -4.96. The van der Waals surface area contributed by atoms with Gasteiger partial charge in [0.15, 0.2) is 35.1 Å². The monoisotopic (exact) mass is 1240 g/mol. The van der Waals surface area contributed by atoms with E-state index in [4.69, 9.17) is 54.2 Å². The summed E-state index contributed by atoms with van der Waals surface area (Å²) in [6.45, 7) is -1.69. The lowest BCUT2D eigenvalue weighted by Gasteiger charge is -2.26. The van der Waals surface area contributed by atoms with Crippen molar-refractivity contribution in [3.63, 3.8) is 0 Å². The molecule has 0 radical (unpaired) electrons. The maximum Gasteiger partial charge on any atom is 0.490 e. The first kappa shape index (κ1) is 59.7. The van der Waals surface area contributed by atoms with Crippen LogP contribution in [-0.2, 0) is 79.8 Å². The predicted octanol–water partition coefficient (Wildman–Crippen LogP) is -2.93. The Morgan fingerprint density at radius 2 is 1.15 bits per heavy atom. The Labute approximate surface area is 444 Å². The molecule has 0 aliphatic carbocycles. The van der Waals surface area contributed by atoms with Crippen molar-refractivity contribution in [3.8, 4) is 0 Å². The molecular weight excluding hydrogens is 1190 g/mol. The molecule has 0 amide bonds. The summed E-state index contributed by atoms with van der Waals surface area (Å²) in [6.07, 6.45) is -13.0. The molecule has 46 heteroatoms. The number of hydrogen-bond acceptors (Lipinski definition) is 30. The fourth-order valence-electron chi connectivity index (χ4n) is 9.03. The van der Waals surface area contributed by atoms with Gasteiger partial charge in [0.05, 0.1) is 45.6 Å². The quantitative estimate of drug-likeness (QED) is 0.0239. The number of nitrogen functional groups attached to an aromatic ring is 3. The van der Waals surface area contributed by atoms with Gasteiger partial charge in [-0.1, -0.05) is 6.92 Å². The molecule has 9 rings (SSSR count). The van der Waals surface area contributed by atoms with Crippen LogP contribution < -0.4 is 32.9 Å². The van der Waals surface area contributed by atoms with Crippen molar-refractivity contribution >= 4 is 90.3 Å². The molecule has 0 saturated carbocycles. The number of nitrogens with one attached hydrogen (secondary N) is 2. The molecule has 6 aromatic rings. The van der Waals surface area contributed by atoms with Crippen molar-refractivity contribution in [2.24, 2.45) is 13.0 Å². The van der Waals surface area contributed by atoms with E-state index >= 15 is 0 Å². The summed E-state index contributed by atoms with van der Waals surface area (Å²) in [6, 6.07) is 0. The number of phosphoric ester groups is 3. The van der Waals surface area contributed by atoms with Gasteiger partial charge in [-0.2, -0.15) is 27.5 Å². The van der Waals surface area contributed by atoms with Crippen molar-refractivity contribution in [2.45, 2.75) is 80.9 Å². The zero-order valence-corrected chi connectivity index (χ0v) is 45.4. The van der Waals surface area contributed by atoms with Gasteiger partial charge < -0.3 is 75.9 Å². The van der Waals surface area contributed by atoms with Crippen molar-refractivity contribution in [2.75, 3.05) is 44.1 Å². The average Bonchev–Trinajstić information content (AvgIpc) is 4.38. The fraction of sp³-hybridized carbons (Fsp3) is 0.559. The van der Waals surface area contributed by atoms with Crippen LogP contribution in [0.5, 0.6) is 0 Å². The van der Waals surface area contributed by atoms with Crippen molar-refractivity contribution in [1.82, 2.24) is 53.6 Å². The molecule has 0 spiro atoms. The number of aromatic nitrogens is 12. The van der Waals surface area contributed by atoms with E-state index in [9.17, 15) is 72.2 Å². The summed E-state index contributed by atoms with van der Waals surface area (Å²) in [7, 11) is -27.6. The van der Waals surface area contributed by atoms with Crippen LogP contribution in [0.15, 0.2) is 34.9 Å². The first-order valence-electron chi connectivity index (χ1n) is 22.8. The summed E-state index contributed by atoms with van der Waals surface area (Å²) < 4.78 is 126. The molecular formula is C34H49N15O26P5+. The lowest BCUT2D eigenvalue weighted by atomic mass is 9.95.